The molecular formula is C13H19N3O2. The maximum atomic E-state index is 11.7. The predicted octanol–water partition coefficient (Wildman–Crippen LogP) is 0.375. The second-order valence-corrected chi connectivity index (χ2v) is 4.42. The Kier molecular flexibility index (Phi) is 4.85. The second kappa shape index (κ2) is 6.16. The lowest BCUT2D eigenvalue weighted by Gasteiger charge is -2.17. The Morgan fingerprint density at radius 3 is 2.33 bits per heavy atom. The van der Waals surface area contributed by atoms with Crippen LogP contribution in [-0.4, -0.2) is 17.9 Å². The molecule has 2 atom stereocenters. The lowest BCUT2D eigenvalue weighted by atomic mass is 10.1. The zero-order chi connectivity index (χ0) is 13.7. The summed E-state index contributed by atoms with van der Waals surface area (Å²) in [6.07, 6.45) is -0.146. The van der Waals surface area contributed by atoms with Crippen LogP contribution >= 0.6 is 0 Å². The van der Waals surface area contributed by atoms with Crippen LogP contribution in [0.1, 0.15) is 30.5 Å². The third-order valence-corrected chi connectivity index (χ3v) is 2.69. The van der Waals surface area contributed by atoms with Crippen LogP contribution in [0.25, 0.3) is 0 Å². The van der Waals surface area contributed by atoms with Crippen LogP contribution in [0.4, 0.5) is 0 Å². The topological polar surface area (TPSA) is 98.2 Å². The third-order valence-electron chi connectivity index (χ3n) is 2.69. The van der Waals surface area contributed by atoms with E-state index in [0.29, 0.717) is 0 Å². The fraction of sp³-hybridized carbons (Fsp3) is 0.385. The molecule has 18 heavy (non-hydrogen) atoms. The van der Waals surface area contributed by atoms with Crippen LogP contribution < -0.4 is 16.8 Å². The molecule has 0 saturated carbocycles. The zero-order valence-corrected chi connectivity index (χ0v) is 10.6. The molecule has 0 heterocycles. The molecule has 1 unspecified atom stereocenters. The van der Waals surface area contributed by atoms with Gasteiger partial charge in [0.15, 0.2) is 0 Å². The number of benzene rings is 1. The van der Waals surface area contributed by atoms with Gasteiger partial charge in [0.25, 0.3) is 0 Å². The SMILES string of the molecule is Cc1ccc([C@H](C)NC(=O)C(N)CC(N)=O)cc1. The summed E-state index contributed by atoms with van der Waals surface area (Å²) in [5.74, 6) is -0.956. The Labute approximate surface area is 107 Å². The van der Waals surface area contributed by atoms with Gasteiger partial charge in [-0.25, -0.2) is 0 Å². The van der Waals surface area contributed by atoms with Gasteiger partial charge in [-0.3, -0.25) is 9.59 Å². The quantitative estimate of drug-likeness (QED) is 0.703. The Hall–Kier alpha value is -1.88. The van der Waals surface area contributed by atoms with Crippen molar-refractivity contribution in [3.63, 3.8) is 0 Å². The molecule has 5 nitrogen and oxygen atoms in total. The minimum Gasteiger partial charge on any atom is -0.370 e. The van der Waals surface area contributed by atoms with E-state index in [1.54, 1.807) is 0 Å². The summed E-state index contributed by atoms with van der Waals surface area (Å²) in [5.41, 5.74) is 12.7. The Morgan fingerprint density at radius 1 is 1.28 bits per heavy atom. The molecule has 5 heteroatoms. The number of aryl methyl sites for hydroxylation is 1. The standard InChI is InChI=1S/C13H19N3O2/c1-8-3-5-10(6-4-8)9(2)16-13(18)11(14)7-12(15)17/h3-6,9,11H,7,14H2,1-2H3,(H2,15,17)(H,16,18)/t9-,11?/m0/s1. The summed E-state index contributed by atoms with van der Waals surface area (Å²) >= 11 is 0. The van der Waals surface area contributed by atoms with E-state index in [4.69, 9.17) is 11.5 Å². The van der Waals surface area contributed by atoms with Crippen molar-refractivity contribution in [2.75, 3.05) is 0 Å². The first kappa shape index (κ1) is 14.2. The summed E-state index contributed by atoms with van der Waals surface area (Å²) in [6.45, 7) is 3.86. The van der Waals surface area contributed by atoms with Crippen molar-refractivity contribution >= 4 is 11.8 Å². The summed E-state index contributed by atoms with van der Waals surface area (Å²) < 4.78 is 0. The van der Waals surface area contributed by atoms with Gasteiger partial charge in [-0.1, -0.05) is 29.8 Å². The highest BCUT2D eigenvalue weighted by Crippen LogP contribution is 2.13. The monoisotopic (exact) mass is 249 g/mol. The molecular weight excluding hydrogens is 230 g/mol. The normalized spacial score (nSPS) is 13.7. The summed E-state index contributed by atoms with van der Waals surface area (Å²) in [4.78, 5) is 22.4. The lowest BCUT2D eigenvalue weighted by molar-refractivity contribution is -0.126. The summed E-state index contributed by atoms with van der Waals surface area (Å²) in [5, 5.41) is 2.75. The van der Waals surface area contributed by atoms with Gasteiger partial charge in [0.1, 0.15) is 0 Å². The molecule has 0 saturated heterocycles. The zero-order valence-electron chi connectivity index (χ0n) is 10.6. The summed E-state index contributed by atoms with van der Waals surface area (Å²) in [6, 6.07) is 6.79. The van der Waals surface area contributed by atoms with Gasteiger partial charge in [0, 0.05) is 0 Å². The number of nitrogens with one attached hydrogen (secondary N) is 1. The van der Waals surface area contributed by atoms with E-state index in [1.807, 2.05) is 38.1 Å². The van der Waals surface area contributed by atoms with Crippen molar-refractivity contribution in [1.82, 2.24) is 5.32 Å². The van der Waals surface area contributed by atoms with Crippen molar-refractivity contribution < 1.29 is 9.59 Å². The molecule has 0 bridgehead atoms. The Morgan fingerprint density at radius 2 is 1.83 bits per heavy atom. The molecule has 0 fully saturated rings. The number of carbonyl (C=O) groups is 2. The number of amides is 2. The number of nitrogens with two attached hydrogens (primary N) is 2. The van der Waals surface area contributed by atoms with E-state index in [1.165, 1.54) is 0 Å². The van der Waals surface area contributed by atoms with Crippen molar-refractivity contribution in [2.45, 2.75) is 32.4 Å². The molecule has 98 valence electrons. The number of hydrogen-bond acceptors (Lipinski definition) is 3. The van der Waals surface area contributed by atoms with E-state index in [0.717, 1.165) is 11.1 Å². The Bertz CT molecular complexity index is 428. The maximum Gasteiger partial charge on any atom is 0.237 e. The van der Waals surface area contributed by atoms with Crippen LogP contribution in [0.2, 0.25) is 0 Å². The number of primary amides is 1. The van der Waals surface area contributed by atoms with Gasteiger partial charge >= 0.3 is 0 Å². The van der Waals surface area contributed by atoms with Crippen molar-refractivity contribution in [1.29, 1.82) is 0 Å². The molecule has 0 radical (unpaired) electrons. The maximum absolute atomic E-state index is 11.7. The molecule has 2 amide bonds. The van der Waals surface area contributed by atoms with Crippen LogP contribution in [-0.2, 0) is 9.59 Å². The van der Waals surface area contributed by atoms with E-state index in [9.17, 15) is 9.59 Å². The number of hydrogen-bond donors (Lipinski definition) is 3. The highest BCUT2D eigenvalue weighted by atomic mass is 16.2. The predicted molar refractivity (Wildman–Crippen MR) is 69.5 cm³/mol. The van der Waals surface area contributed by atoms with Gasteiger partial charge in [-0.05, 0) is 19.4 Å². The first-order chi connectivity index (χ1) is 8.40. The van der Waals surface area contributed by atoms with Gasteiger partial charge in [0.05, 0.1) is 18.5 Å². The molecule has 5 N–H and O–H groups in total. The Balaban J connectivity index is 2.59. The number of rotatable bonds is 5. The fourth-order valence-electron chi connectivity index (χ4n) is 1.57. The van der Waals surface area contributed by atoms with Crippen molar-refractivity contribution in [3.05, 3.63) is 35.4 Å². The van der Waals surface area contributed by atoms with E-state index < -0.39 is 11.9 Å². The van der Waals surface area contributed by atoms with Crippen LogP contribution in [0, 0.1) is 6.92 Å². The second-order valence-electron chi connectivity index (χ2n) is 4.42. The van der Waals surface area contributed by atoms with Gasteiger partial charge in [-0.2, -0.15) is 0 Å². The van der Waals surface area contributed by atoms with E-state index >= 15 is 0 Å². The number of carbonyl (C=O) groups excluding carboxylic acids is 2. The molecule has 0 aliphatic rings. The average molecular weight is 249 g/mol. The van der Waals surface area contributed by atoms with Gasteiger partial charge in [-0.15, -0.1) is 0 Å². The molecule has 1 rings (SSSR count). The average Bonchev–Trinajstić information content (AvgIpc) is 2.28. The van der Waals surface area contributed by atoms with Crippen molar-refractivity contribution in [2.24, 2.45) is 11.5 Å². The molecule has 0 aliphatic heterocycles. The van der Waals surface area contributed by atoms with Crippen LogP contribution in [0.3, 0.4) is 0 Å². The third kappa shape index (κ3) is 4.18. The first-order valence-electron chi connectivity index (χ1n) is 5.81. The molecule has 0 aliphatic carbocycles. The smallest absolute Gasteiger partial charge is 0.237 e. The van der Waals surface area contributed by atoms with E-state index in [-0.39, 0.29) is 18.4 Å². The van der Waals surface area contributed by atoms with Gasteiger partial charge in [0.2, 0.25) is 11.8 Å². The first-order valence-corrected chi connectivity index (χ1v) is 5.81. The fourth-order valence-corrected chi connectivity index (χ4v) is 1.57. The van der Waals surface area contributed by atoms with Crippen molar-refractivity contribution in [3.8, 4) is 0 Å². The van der Waals surface area contributed by atoms with Gasteiger partial charge < -0.3 is 16.8 Å². The van der Waals surface area contributed by atoms with E-state index in [2.05, 4.69) is 5.32 Å². The van der Waals surface area contributed by atoms with Crippen LogP contribution in [0.5, 0.6) is 0 Å². The van der Waals surface area contributed by atoms with Crippen LogP contribution in [0.15, 0.2) is 24.3 Å². The summed E-state index contributed by atoms with van der Waals surface area (Å²) in [7, 11) is 0. The highest BCUT2D eigenvalue weighted by Gasteiger charge is 2.18. The molecule has 0 aromatic heterocycles. The minimum atomic E-state index is -0.893. The molecule has 0 spiro atoms. The molecule has 1 aromatic rings. The highest BCUT2D eigenvalue weighted by molar-refractivity contribution is 5.87. The largest absolute Gasteiger partial charge is 0.370 e. The lowest BCUT2D eigenvalue weighted by Crippen LogP contribution is -2.43. The minimum absolute atomic E-state index is 0.146. The molecule has 1 aromatic carbocycles.